The number of nitrogens with zero attached hydrogens (tertiary/aromatic N) is 3. The van der Waals surface area contributed by atoms with Crippen LogP contribution in [0.5, 0.6) is 17.4 Å². The van der Waals surface area contributed by atoms with Gasteiger partial charge in [0, 0.05) is 19.0 Å². The molecule has 2 fully saturated rings. The highest BCUT2D eigenvalue weighted by Crippen LogP contribution is 2.37. The molecule has 1 atom stereocenters. The number of para-hydroxylation sites is 1. The van der Waals surface area contributed by atoms with E-state index >= 15 is 0 Å². The van der Waals surface area contributed by atoms with E-state index in [4.69, 9.17) is 14.2 Å². The number of carbonyl (C=O) groups is 1. The van der Waals surface area contributed by atoms with Crippen molar-refractivity contribution in [2.24, 2.45) is 0 Å². The van der Waals surface area contributed by atoms with Crippen molar-refractivity contribution in [2.45, 2.75) is 37.9 Å². The predicted molar refractivity (Wildman–Crippen MR) is 132 cm³/mol. The number of rotatable bonds is 8. The van der Waals surface area contributed by atoms with Crippen molar-refractivity contribution < 1.29 is 28.5 Å². The van der Waals surface area contributed by atoms with Gasteiger partial charge in [0.2, 0.25) is 5.88 Å². The summed E-state index contributed by atoms with van der Waals surface area (Å²) in [6, 6.07) is 11.2. The first-order valence-corrected chi connectivity index (χ1v) is 12.1. The molecule has 1 amide bonds. The summed E-state index contributed by atoms with van der Waals surface area (Å²) in [5, 5.41) is 11.4. The fraction of sp³-hybridized carbons (Fsp3) is 0.370. The zero-order valence-electron chi connectivity index (χ0n) is 20.6. The van der Waals surface area contributed by atoms with E-state index in [9.17, 15) is 19.1 Å². The molecule has 0 radical (unpaired) electrons. The number of hydrogen-bond acceptors (Lipinski definition) is 7. The Labute approximate surface area is 213 Å². The third kappa shape index (κ3) is 4.89. The molecule has 9 nitrogen and oxygen atoms in total. The Balaban J connectivity index is 1.55. The van der Waals surface area contributed by atoms with Crippen molar-refractivity contribution in [3.63, 3.8) is 0 Å². The standard InChI is InChI=1S/C27H28FN3O6/c1-35-20-4-3-5-21(36-2)24(20)31-22(15-37-19-10-11-19)29-25(32)23(27(31)34)26(33)30-13-12-17(14-30)16-6-8-18(28)9-7-16/h3-9,17,19,34H,10-15H2,1-2H3. The summed E-state index contributed by atoms with van der Waals surface area (Å²) in [6.45, 7) is 0.664. The molecular weight excluding hydrogens is 481 g/mol. The van der Waals surface area contributed by atoms with E-state index in [0.717, 1.165) is 18.4 Å². The monoisotopic (exact) mass is 509 g/mol. The van der Waals surface area contributed by atoms with Crippen LogP contribution < -0.4 is 15.0 Å². The molecule has 1 aliphatic heterocycles. The summed E-state index contributed by atoms with van der Waals surface area (Å²) in [5.74, 6) is -0.706. The van der Waals surface area contributed by atoms with Gasteiger partial charge in [-0.05, 0) is 49.1 Å². The molecular formula is C27H28FN3O6. The van der Waals surface area contributed by atoms with Crippen LogP contribution in [0, 0.1) is 5.82 Å². The number of amides is 1. The molecule has 37 heavy (non-hydrogen) atoms. The Morgan fingerprint density at radius 1 is 1.08 bits per heavy atom. The van der Waals surface area contributed by atoms with Crippen molar-refractivity contribution in [3.05, 3.63) is 75.6 Å². The highest BCUT2D eigenvalue weighted by molar-refractivity contribution is 5.96. The van der Waals surface area contributed by atoms with Gasteiger partial charge in [0.15, 0.2) is 5.56 Å². The lowest BCUT2D eigenvalue weighted by Gasteiger charge is -2.22. The number of aromatic nitrogens is 2. The maximum Gasteiger partial charge on any atom is 0.289 e. The summed E-state index contributed by atoms with van der Waals surface area (Å²) in [7, 11) is 2.94. The topological polar surface area (TPSA) is 103 Å². The molecule has 3 aromatic rings. The van der Waals surface area contributed by atoms with E-state index in [-0.39, 0.29) is 30.3 Å². The van der Waals surface area contributed by atoms with Crippen molar-refractivity contribution in [1.29, 1.82) is 0 Å². The third-order valence-electron chi connectivity index (χ3n) is 6.77. The molecule has 10 heteroatoms. The average molecular weight is 510 g/mol. The van der Waals surface area contributed by atoms with E-state index in [1.807, 2.05) is 0 Å². The fourth-order valence-corrected chi connectivity index (χ4v) is 4.66. The maximum atomic E-state index is 13.6. The third-order valence-corrected chi connectivity index (χ3v) is 6.77. The molecule has 1 saturated carbocycles. The van der Waals surface area contributed by atoms with Crippen molar-refractivity contribution >= 4 is 5.91 Å². The molecule has 2 heterocycles. The van der Waals surface area contributed by atoms with E-state index < -0.39 is 22.9 Å². The van der Waals surface area contributed by atoms with Gasteiger partial charge in [0.25, 0.3) is 11.5 Å². The molecule has 0 bridgehead atoms. The number of benzene rings is 2. The molecule has 1 unspecified atom stereocenters. The van der Waals surface area contributed by atoms with Crippen LogP contribution in [0.3, 0.4) is 0 Å². The largest absolute Gasteiger partial charge is 0.494 e. The van der Waals surface area contributed by atoms with Crippen LogP contribution in [0.2, 0.25) is 0 Å². The maximum absolute atomic E-state index is 13.6. The van der Waals surface area contributed by atoms with Crippen LogP contribution in [0.1, 0.15) is 46.9 Å². The first-order valence-electron chi connectivity index (χ1n) is 12.1. The summed E-state index contributed by atoms with van der Waals surface area (Å²) < 4.78 is 31.5. The molecule has 2 aliphatic rings. The Hall–Kier alpha value is -3.92. The quantitative estimate of drug-likeness (QED) is 0.497. The van der Waals surface area contributed by atoms with E-state index in [2.05, 4.69) is 4.98 Å². The molecule has 5 rings (SSSR count). The molecule has 1 saturated heterocycles. The lowest BCUT2D eigenvalue weighted by molar-refractivity contribution is 0.0780. The number of hydrogen-bond donors (Lipinski definition) is 1. The summed E-state index contributed by atoms with van der Waals surface area (Å²) in [4.78, 5) is 32.3. The van der Waals surface area contributed by atoms with Crippen LogP contribution in [0.4, 0.5) is 4.39 Å². The van der Waals surface area contributed by atoms with Crippen molar-refractivity contribution in [3.8, 4) is 23.1 Å². The van der Waals surface area contributed by atoms with E-state index in [0.29, 0.717) is 36.7 Å². The summed E-state index contributed by atoms with van der Waals surface area (Å²) in [6.07, 6.45) is 2.54. The SMILES string of the molecule is COc1cccc(OC)c1-n1c(COC2CC2)nc(=O)c(C(=O)N2CCC(c3ccc(F)cc3)C2)c1O. The zero-order valence-corrected chi connectivity index (χ0v) is 20.6. The van der Waals surface area contributed by atoms with Crippen LogP contribution in [-0.4, -0.2) is 58.9 Å². The van der Waals surface area contributed by atoms with Gasteiger partial charge in [-0.15, -0.1) is 0 Å². The second-order valence-electron chi connectivity index (χ2n) is 9.18. The Morgan fingerprint density at radius 2 is 1.76 bits per heavy atom. The highest BCUT2D eigenvalue weighted by Gasteiger charge is 2.34. The van der Waals surface area contributed by atoms with Crippen LogP contribution in [0.15, 0.2) is 47.3 Å². The molecule has 2 aromatic carbocycles. The summed E-state index contributed by atoms with van der Waals surface area (Å²) >= 11 is 0. The second-order valence-corrected chi connectivity index (χ2v) is 9.18. The van der Waals surface area contributed by atoms with Gasteiger partial charge in [-0.1, -0.05) is 18.2 Å². The van der Waals surface area contributed by atoms with Gasteiger partial charge in [-0.3, -0.25) is 14.2 Å². The molecule has 1 aliphatic carbocycles. The minimum atomic E-state index is -0.841. The van der Waals surface area contributed by atoms with E-state index in [1.165, 1.54) is 35.8 Å². The van der Waals surface area contributed by atoms with Gasteiger partial charge < -0.3 is 24.2 Å². The Kier molecular flexibility index (Phi) is 6.84. The predicted octanol–water partition coefficient (Wildman–Crippen LogP) is 3.40. The minimum absolute atomic E-state index is 0.0117. The number of likely N-dealkylation sites (tertiary alicyclic amines) is 1. The lowest BCUT2D eigenvalue weighted by atomic mass is 9.99. The van der Waals surface area contributed by atoms with Gasteiger partial charge in [-0.2, -0.15) is 4.98 Å². The highest BCUT2D eigenvalue weighted by atomic mass is 19.1. The van der Waals surface area contributed by atoms with E-state index in [1.54, 1.807) is 30.3 Å². The minimum Gasteiger partial charge on any atom is -0.494 e. The lowest BCUT2D eigenvalue weighted by Crippen LogP contribution is -2.35. The fourth-order valence-electron chi connectivity index (χ4n) is 4.66. The number of methoxy groups -OCH3 is 2. The smallest absolute Gasteiger partial charge is 0.289 e. The molecule has 1 aromatic heterocycles. The Morgan fingerprint density at radius 3 is 2.38 bits per heavy atom. The molecule has 0 spiro atoms. The van der Waals surface area contributed by atoms with Gasteiger partial charge in [0.1, 0.15) is 35.4 Å². The normalized spacial score (nSPS) is 17.2. The van der Waals surface area contributed by atoms with Crippen LogP contribution >= 0.6 is 0 Å². The zero-order chi connectivity index (χ0) is 26.1. The van der Waals surface area contributed by atoms with Crippen molar-refractivity contribution in [1.82, 2.24) is 14.5 Å². The average Bonchev–Trinajstić information content (AvgIpc) is 3.60. The number of halogens is 1. The second kappa shape index (κ2) is 10.2. The van der Waals surface area contributed by atoms with Gasteiger partial charge >= 0.3 is 0 Å². The van der Waals surface area contributed by atoms with Crippen LogP contribution in [-0.2, 0) is 11.3 Å². The number of aromatic hydroxyl groups is 1. The number of carbonyl (C=O) groups excluding carboxylic acids is 1. The number of ether oxygens (including phenoxy) is 3. The van der Waals surface area contributed by atoms with Gasteiger partial charge in [-0.25, -0.2) is 4.39 Å². The first kappa shape index (κ1) is 24.8. The van der Waals surface area contributed by atoms with Crippen LogP contribution in [0.25, 0.3) is 5.69 Å². The van der Waals surface area contributed by atoms with Gasteiger partial charge in [0.05, 0.1) is 20.3 Å². The molecule has 1 N–H and O–H groups in total. The Bertz CT molecular complexity index is 1350. The molecule has 194 valence electrons. The van der Waals surface area contributed by atoms with Crippen molar-refractivity contribution in [2.75, 3.05) is 27.3 Å². The first-order chi connectivity index (χ1) is 17.9. The summed E-state index contributed by atoms with van der Waals surface area (Å²) in [5.41, 5.74) is -0.0792.